The van der Waals surface area contributed by atoms with E-state index in [2.05, 4.69) is 39.8 Å². The van der Waals surface area contributed by atoms with Crippen LogP contribution in [-0.2, 0) is 11.3 Å². The summed E-state index contributed by atoms with van der Waals surface area (Å²) in [6.07, 6.45) is 0.486. The van der Waals surface area contributed by atoms with E-state index in [0.717, 1.165) is 29.6 Å². The predicted molar refractivity (Wildman–Crippen MR) is 117 cm³/mol. The second-order valence-corrected chi connectivity index (χ2v) is 9.11. The van der Waals surface area contributed by atoms with E-state index in [-0.39, 0.29) is 12.1 Å². The van der Waals surface area contributed by atoms with Crippen LogP contribution >= 0.6 is 11.3 Å². The van der Waals surface area contributed by atoms with Gasteiger partial charge in [-0.2, -0.15) is 0 Å². The van der Waals surface area contributed by atoms with Crippen LogP contribution in [0.15, 0.2) is 10.4 Å². The standard InChI is InChI=1S/C20H37N5O2S/c1-9-21-18(23-12-17-24-16(13-28-17)14(2)3)22-11-10-15(4)25(8)19(26)27-20(5,6)7/h13-15H,9-12H2,1-8H3,(H2,21,22,23). The molecule has 1 aromatic rings. The zero-order valence-electron chi connectivity index (χ0n) is 18.6. The Morgan fingerprint density at radius 3 is 2.54 bits per heavy atom. The molecule has 0 bridgehead atoms. The van der Waals surface area contributed by atoms with Gasteiger partial charge in [-0.1, -0.05) is 13.8 Å². The summed E-state index contributed by atoms with van der Waals surface area (Å²) in [5.41, 5.74) is 0.631. The highest BCUT2D eigenvalue weighted by Crippen LogP contribution is 2.18. The molecule has 28 heavy (non-hydrogen) atoms. The summed E-state index contributed by atoms with van der Waals surface area (Å²) < 4.78 is 5.42. The van der Waals surface area contributed by atoms with E-state index >= 15 is 0 Å². The van der Waals surface area contributed by atoms with E-state index in [1.807, 2.05) is 34.6 Å². The van der Waals surface area contributed by atoms with Crippen LogP contribution in [-0.4, -0.2) is 53.7 Å². The van der Waals surface area contributed by atoms with Gasteiger partial charge in [0.15, 0.2) is 5.96 Å². The van der Waals surface area contributed by atoms with Gasteiger partial charge in [0, 0.05) is 31.6 Å². The topological polar surface area (TPSA) is 78.9 Å². The molecule has 1 rings (SSSR count). The fraction of sp³-hybridized carbons (Fsp3) is 0.750. The fourth-order valence-electron chi connectivity index (χ4n) is 2.26. The minimum absolute atomic E-state index is 0.0535. The average molecular weight is 412 g/mol. The highest BCUT2D eigenvalue weighted by atomic mass is 32.1. The molecule has 0 saturated heterocycles. The van der Waals surface area contributed by atoms with Crippen LogP contribution < -0.4 is 10.6 Å². The summed E-state index contributed by atoms with van der Waals surface area (Å²) in [4.78, 5) is 23.0. The molecular weight excluding hydrogens is 374 g/mol. The molecule has 1 amide bonds. The summed E-state index contributed by atoms with van der Waals surface area (Å²) in [5.74, 6) is 1.19. The van der Waals surface area contributed by atoms with Crippen molar-refractivity contribution in [3.8, 4) is 0 Å². The number of carbonyl (C=O) groups is 1. The number of hydrogen-bond acceptors (Lipinski definition) is 5. The molecule has 8 heteroatoms. The number of ether oxygens (including phenoxy) is 1. The van der Waals surface area contributed by atoms with Crippen LogP contribution in [0, 0.1) is 0 Å². The maximum atomic E-state index is 12.2. The number of rotatable bonds is 8. The van der Waals surface area contributed by atoms with E-state index in [4.69, 9.17) is 4.74 Å². The number of aliphatic imine (C=N–C) groups is 1. The van der Waals surface area contributed by atoms with Crippen molar-refractivity contribution < 1.29 is 9.53 Å². The molecule has 0 aliphatic rings. The van der Waals surface area contributed by atoms with E-state index in [9.17, 15) is 4.79 Å². The Hall–Kier alpha value is -1.83. The molecule has 0 fully saturated rings. The average Bonchev–Trinajstić information content (AvgIpc) is 3.06. The van der Waals surface area contributed by atoms with Crippen LogP contribution in [0.3, 0.4) is 0 Å². The van der Waals surface area contributed by atoms with Crippen molar-refractivity contribution in [2.24, 2.45) is 4.99 Å². The second-order valence-electron chi connectivity index (χ2n) is 8.17. The van der Waals surface area contributed by atoms with Gasteiger partial charge in [0.1, 0.15) is 10.6 Å². The van der Waals surface area contributed by atoms with Gasteiger partial charge >= 0.3 is 6.09 Å². The predicted octanol–water partition coefficient (Wildman–Crippen LogP) is 3.97. The molecule has 1 aromatic heterocycles. The van der Waals surface area contributed by atoms with Crippen molar-refractivity contribution in [3.63, 3.8) is 0 Å². The van der Waals surface area contributed by atoms with Crippen LogP contribution in [0.25, 0.3) is 0 Å². The number of thiazole rings is 1. The number of aromatic nitrogens is 1. The highest BCUT2D eigenvalue weighted by Gasteiger charge is 2.22. The molecule has 0 aliphatic carbocycles. The number of guanidine groups is 1. The normalized spacial score (nSPS) is 13.4. The van der Waals surface area contributed by atoms with Gasteiger partial charge in [-0.25, -0.2) is 14.8 Å². The number of nitrogens with zero attached hydrogens (tertiary/aromatic N) is 3. The van der Waals surface area contributed by atoms with Gasteiger partial charge < -0.3 is 20.3 Å². The number of hydrogen-bond donors (Lipinski definition) is 2. The van der Waals surface area contributed by atoms with E-state index in [1.54, 1.807) is 23.3 Å². The van der Waals surface area contributed by atoms with Crippen molar-refractivity contribution in [1.29, 1.82) is 0 Å². The first-order valence-electron chi connectivity index (χ1n) is 9.95. The molecule has 1 heterocycles. The third-order valence-corrected chi connectivity index (χ3v) is 4.93. The Kier molecular flexibility index (Phi) is 9.72. The maximum absolute atomic E-state index is 12.2. The van der Waals surface area contributed by atoms with Gasteiger partial charge in [0.25, 0.3) is 0 Å². The number of amides is 1. The lowest BCUT2D eigenvalue weighted by Gasteiger charge is -2.28. The molecule has 1 unspecified atom stereocenters. The van der Waals surface area contributed by atoms with Gasteiger partial charge in [-0.3, -0.25) is 0 Å². The molecule has 0 aromatic carbocycles. The largest absolute Gasteiger partial charge is 0.444 e. The molecule has 160 valence electrons. The number of carbonyl (C=O) groups excluding carboxylic acids is 1. The van der Waals surface area contributed by atoms with Gasteiger partial charge in [-0.15, -0.1) is 11.3 Å². The van der Waals surface area contributed by atoms with Crippen molar-refractivity contribution in [2.45, 2.75) is 79.0 Å². The quantitative estimate of drug-likeness (QED) is 0.500. The molecule has 0 saturated carbocycles. The van der Waals surface area contributed by atoms with Crippen LogP contribution in [0.2, 0.25) is 0 Å². The fourth-order valence-corrected chi connectivity index (χ4v) is 3.14. The van der Waals surface area contributed by atoms with Gasteiger partial charge in [0.05, 0.1) is 12.2 Å². The Morgan fingerprint density at radius 1 is 1.32 bits per heavy atom. The maximum Gasteiger partial charge on any atom is 0.410 e. The lowest BCUT2D eigenvalue weighted by atomic mass is 10.2. The Balaban J connectivity index is 2.52. The summed E-state index contributed by atoms with van der Waals surface area (Å²) >= 11 is 1.65. The van der Waals surface area contributed by atoms with Gasteiger partial charge in [-0.05, 0) is 47.0 Å². The number of nitrogens with one attached hydrogen (secondary N) is 2. The molecule has 0 aliphatic heterocycles. The van der Waals surface area contributed by atoms with Crippen molar-refractivity contribution >= 4 is 23.4 Å². The summed E-state index contributed by atoms with van der Waals surface area (Å²) in [7, 11) is 1.77. The summed E-state index contributed by atoms with van der Waals surface area (Å²) in [6, 6.07) is 0.0535. The minimum atomic E-state index is -0.487. The molecule has 1 atom stereocenters. The Labute approximate surface area is 174 Å². The van der Waals surface area contributed by atoms with Crippen LogP contribution in [0.5, 0.6) is 0 Å². The molecular formula is C20H37N5O2S. The van der Waals surface area contributed by atoms with E-state index < -0.39 is 5.60 Å². The third kappa shape index (κ3) is 8.91. The lowest BCUT2D eigenvalue weighted by Crippen LogP contribution is -2.42. The molecule has 0 spiro atoms. The lowest BCUT2D eigenvalue weighted by molar-refractivity contribution is 0.0230. The zero-order chi connectivity index (χ0) is 21.3. The smallest absolute Gasteiger partial charge is 0.410 e. The first kappa shape index (κ1) is 24.2. The first-order chi connectivity index (χ1) is 13.0. The van der Waals surface area contributed by atoms with Gasteiger partial charge in [0.2, 0.25) is 0 Å². The summed E-state index contributed by atoms with van der Waals surface area (Å²) in [5, 5.41) is 9.69. The first-order valence-corrected chi connectivity index (χ1v) is 10.8. The molecule has 7 nitrogen and oxygen atoms in total. The van der Waals surface area contributed by atoms with Crippen LogP contribution in [0.4, 0.5) is 4.79 Å². The van der Waals surface area contributed by atoms with E-state index in [1.165, 1.54) is 0 Å². The Morgan fingerprint density at radius 2 is 2.00 bits per heavy atom. The molecule has 0 radical (unpaired) electrons. The SMILES string of the molecule is CCNC(=NCc1nc(C(C)C)cs1)NCCC(C)N(C)C(=O)OC(C)(C)C. The minimum Gasteiger partial charge on any atom is -0.444 e. The van der Waals surface area contributed by atoms with Crippen molar-refractivity contribution in [2.75, 3.05) is 20.1 Å². The highest BCUT2D eigenvalue weighted by molar-refractivity contribution is 7.09. The van der Waals surface area contributed by atoms with E-state index in [0.29, 0.717) is 19.0 Å². The zero-order valence-corrected chi connectivity index (χ0v) is 19.4. The Bertz CT molecular complexity index is 637. The van der Waals surface area contributed by atoms with Crippen molar-refractivity contribution in [3.05, 3.63) is 16.1 Å². The van der Waals surface area contributed by atoms with Crippen molar-refractivity contribution in [1.82, 2.24) is 20.5 Å². The van der Waals surface area contributed by atoms with Crippen LogP contribution in [0.1, 0.15) is 71.5 Å². The molecule has 2 N–H and O–H groups in total. The second kappa shape index (κ2) is 11.2. The monoisotopic (exact) mass is 411 g/mol. The third-order valence-electron chi connectivity index (χ3n) is 4.07. The summed E-state index contributed by atoms with van der Waals surface area (Å²) in [6.45, 7) is 16.0.